The van der Waals surface area contributed by atoms with Crippen LogP contribution in [0.25, 0.3) is 0 Å². The molecular formula is C15H27NO3. The van der Waals surface area contributed by atoms with Gasteiger partial charge in [0.2, 0.25) is 5.91 Å². The second kappa shape index (κ2) is 6.23. The van der Waals surface area contributed by atoms with Gasteiger partial charge in [-0.05, 0) is 44.9 Å². The van der Waals surface area contributed by atoms with Crippen molar-refractivity contribution in [1.29, 1.82) is 0 Å². The van der Waals surface area contributed by atoms with E-state index >= 15 is 0 Å². The Labute approximate surface area is 115 Å². The molecule has 0 aromatic rings. The molecule has 1 saturated carbocycles. The molecule has 2 fully saturated rings. The van der Waals surface area contributed by atoms with E-state index in [1.54, 1.807) is 0 Å². The maximum absolute atomic E-state index is 12.3. The van der Waals surface area contributed by atoms with E-state index in [0.29, 0.717) is 12.5 Å². The van der Waals surface area contributed by atoms with Crippen molar-refractivity contribution in [2.45, 2.75) is 64.8 Å². The Hall–Kier alpha value is -0.610. The second-order valence-corrected chi connectivity index (χ2v) is 6.36. The molecule has 0 spiro atoms. The van der Waals surface area contributed by atoms with Gasteiger partial charge in [-0.25, -0.2) is 0 Å². The molecule has 1 saturated heterocycles. The summed E-state index contributed by atoms with van der Waals surface area (Å²) >= 11 is 0. The molecule has 110 valence electrons. The highest BCUT2D eigenvalue weighted by atomic mass is 16.5. The Balaban J connectivity index is 1.81. The van der Waals surface area contributed by atoms with Crippen molar-refractivity contribution in [2.75, 3.05) is 6.54 Å². The Morgan fingerprint density at radius 2 is 2.00 bits per heavy atom. The summed E-state index contributed by atoms with van der Waals surface area (Å²) in [5.41, 5.74) is 0. The van der Waals surface area contributed by atoms with Crippen LogP contribution in [0, 0.1) is 17.8 Å². The van der Waals surface area contributed by atoms with Gasteiger partial charge < -0.3 is 15.2 Å². The van der Waals surface area contributed by atoms with E-state index in [1.807, 2.05) is 13.8 Å². The molecule has 0 bridgehead atoms. The third kappa shape index (κ3) is 3.48. The lowest BCUT2D eigenvalue weighted by Gasteiger charge is -2.27. The summed E-state index contributed by atoms with van der Waals surface area (Å²) in [6.45, 7) is 6.80. The molecule has 4 heteroatoms. The first kappa shape index (κ1) is 14.8. The average Bonchev–Trinajstić information content (AvgIpc) is 2.61. The predicted octanol–water partition coefficient (Wildman–Crippen LogP) is 1.71. The van der Waals surface area contributed by atoms with Crippen molar-refractivity contribution in [3.63, 3.8) is 0 Å². The van der Waals surface area contributed by atoms with E-state index in [2.05, 4.69) is 12.2 Å². The van der Waals surface area contributed by atoms with Gasteiger partial charge in [0.15, 0.2) is 0 Å². The summed E-state index contributed by atoms with van der Waals surface area (Å²) in [5.74, 6) is 0.776. The summed E-state index contributed by atoms with van der Waals surface area (Å²) in [6.07, 6.45) is 3.89. The lowest BCUT2D eigenvalue weighted by molar-refractivity contribution is -0.127. The lowest BCUT2D eigenvalue weighted by atomic mass is 9.86. The molecule has 2 rings (SSSR count). The van der Waals surface area contributed by atoms with Crippen LogP contribution in [0.4, 0.5) is 0 Å². The fourth-order valence-corrected chi connectivity index (χ4v) is 3.53. The van der Waals surface area contributed by atoms with Crippen LogP contribution >= 0.6 is 0 Å². The smallest absolute Gasteiger partial charge is 0.226 e. The fraction of sp³-hybridized carbons (Fsp3) is 0.933. The zero-order chi connectivity index (χ0) is 14.0. The number of carbonyl (C=O) groups is 1. The third-order valence-electron chi connectivity index (χ3n) is 4.86. The van der Waals surface area contributed by atoms with E-state index < -0.39 is 0 Å². The SMILES string of the molecule is CC1OC(C)C(C(=O)NCC2CCCC(O)C2)C1C. The minimum absolute atomic E-state index is 0.00180. The molecule has 0 aromatic carbocycles. The van der Waals surface area contributed by atoms with Gasteiger partial charge in [0.05, 0.1) is 24.2 Å². The first-order valence-electron chi connectivity index (χ1n) is 7.60. The number of hydrogen-bond donors (Lipinski definition) is 2. The van der Waals surface area contributed by atoms with E-state index in [-0.39, 0.29) is 36.1 Å². The van der Waals surface area contributed by atoms with Crippen LogP contribution in [-0.2, 0) is 9.53 Å². The normalized spacial score (nSPS) is 43.2. The number of nitrogens with one attached hydrogen (secondary N) is 1. The first-order chi connectivity index (χ1) is 8.99. The fourth-order valence-electron chi connectivity index (χ4n) is 3.53. The average molecular weight is 269 g/mol. The maximum Gasteiger partial charge on any atom is 0.226 e. The van der Waals surface area contributed by atoms with Crippen LogP contribution in [0.2, 0.25) is 0 Å². The van der Waals surface area contributed by atoms with Gasteiger partial charge in [0.1, 0.15) is 0 Å². The topological polar surface area (TPSA) is 58.6 Å². The summed E-state index contributed by atoms with van der Waals surface area (Å²) < 4.78 is 5.72. The Morgan fingerprint density at radius 3 is 2.58 bits per heavy atom. The van der Waals surface area contributed by atoms with Gasteiger partial charge in [-0.1, -0.05) is 13.3 Å². The lowest BCUT2D eigenvalue weighted by Crippen LogP contribution is -2.40. The van der Waals surface area contributed by atoms with Crippen LogP contribution in [0.1, 0.15) is 46.5 Å². The number of amides is 1. The van der Waals surface area contributed by atoms with E-state index in [0.717, 1.165) is 25.7 Å². The van der Waals surface area contributed by atoms with E-state index in [9.17, 15) is 9.90 Å². The Kier molecular flexibility index (Phi) is 4.85. The molecule has 2 aliphatic rings. The first-order valence-corrected chi connectivity index (χ1v) is 7.60. The van der Waals surface area contributed by atoms with Gasteiger partial charge in [0, 0.05) is 6.54 Å². The Bertz CT molecular complexity index is 321. The monoisotopic (exact) mass is 269 g/mol. The molecule has 6 unspecified atom stereocenters. The Morgan fingerprint density at radius 1 is 1.26 bits per heavy atom. The van der Waals surface area contributed by atoms with Gasteiger partial charge >= 0.3 is 0 Å². The third-order valence-corrected chi connectivity index (χ3v) is 4.86. The summed E-state index contributed by atoms with van der Waals surface area (Å²) in [6, 6.07) is 0. The molecule has 6 atom stereocenters. The number of ether oxygens (including phenoxy) is 1. The molecular weight excluding hydrogens is 242 g/mol. The van der Waals surface area contributed by atoms with Crippen LogP contribution in [0.5, 0.6) is 0 Å². The highest BCUT2D eigenvalue weighted by molar-refractivity contribution is 5.79. The van der Waals surface area contributed by atoms with Crippen LogP contribution in [0.3, 0.4) is 0 Å². The van der Waals surface area contributed by atoms with Gasteiger partial charge in [-0.2, -0.15) is 0 Å². The zero-order valence-electron chi connectivity index (χ0n) is 12.3. The van der Waals surface area contributed by atoms with Crippen LogP contribution in [0.15, 0.2) is 0 Å². The van der Waals surface area contributed by atoms with Crippen molar-refractivity contribution in [3.8, 4) is 0 Å². The number of aliphatic hydroxyl groups is 1. The molecule has 0 radical (unpaired) electrons. The summed E-state index contributed by atoms with van der Waals surface area (Å²) in [5, 5.41) is 12.7. The quantitative estimate of drug-likeness (QED) is 0.820. The van der Waals surface area contributed by atoms with Crippen molar-refractivity contribution < 1.29 is 14.6 Å². The van der Waals surface area contributed by atoms with Crippen LogP contribution < -0.4 is 5.32 Å². The summed E-state index contributed by atoms with van der Waals surface area (Å²) in [7, 11) is 0. The minimum atomic E-state index is -0.177. The second-order valence-electron chi connectivity index (χ2n) is 6.36. The standard InChI is InChI=1S/C15H27NO3/c1-9-10(2)19-11(3)14(9)15(18)16-8-12-5-4-6-13(17)7-12/h9-14,17H,4-8H2,1-3H3,(H,16,18). The van der Waals surface area contributed by atoms with Crippen molar-refractivity contribution in [1.82, 2.24) is 5.32 Å². The minimum Gasteiger partial charge on any atom is -0.393 e. The number of hydrogen-bond acceptors (Lipinski definition) is 3. The molecule has 1 aliphatic carbocycles. The molecule has 1 amide bonds. The maximum atomic E-state index is 12.3. The van der Waals surface area contributed by atoms with Gasteiger partial charge in [-0.15, -0.1) is 0 Å². The highest BCUT2D eigenvalue weighted by Gasteiger charge is 2.41. The molecule has 1 heterocycles. The van der Waals surface area contributed by atoms with Gasteiger partial charge in [0.25, 0.3) is 0 Å². The highest BCUT2D eigenvalue weighted by Crippen LogP contribution is 2.32. The number of carbonyl (C=O) groups excluding carboxylic acids is 1. The van der Waals surface area contributed by atoms with Crippen molar-refractivity contribution in [3.05, 3.63) is 0 Å². The van der Waals surface area contributed by atoms with E-state index in [1.165, 1.54) is 0 Å². The molecule has 19 heavy (non-hydrogen) atoms. The number of aliphatic hydroxyl groups excluding tert-OH is 1. The van der Waals surface area contributed by atoms with Crippen molar-refractivity contribution >= 4 is 5.91 Å². The van der Waals surface area contributed by atoms with Crippen LogP contribution in [-0.4, -0.2) is 35.9 Å². The van der Waals surface area contributed by atoms with Gasteiger partial charge in [-0.3, -0.25) is 4.79 Å². The molecule has 4 nitrogen and oxygen atoms in total. The van der Waals surface area contributed by atoms with Crippen molar-refractivity contribution in [2.24, 2.45) is 17.8 Å². The largest absolute Gasteiger partial charge is 0.393 e. The number of rotatable bonds is 3. The molecule has 1 aliphatic heterocycles. The zero-order valence-corrected chi connectivity index (χ0v) is 12.3. The summed E-state index contributed by atoms with van der Waals surface area (Å²) in [4.78, 5) is 12.3. The predicted molar refractivity (Wildman–Crippen MR) is 73.6 cm³/mol. The molecule has 0 aromatic heterocycles. The molecule has 2 N–H and O–H groups in total. The van der Waals surface area contributed by atoms with E-state index in [4.69, 9.17) is 4.74 Å².